The average Bonchev–Trinajstić information content (AvgIpc) is 3.30. The zero-order valence-corrected chi connectivity index (χ0v) is 15.1. The lowest BCUT2D eigenvalue weighted by Gasteiger charge is -2.28. The molecule has 0 atom stereocenters. The van der Waals surface area contributed by atoms with E-state index in [2.05, 4.69) is 33.8 Å². The van der Waals surface area contributed by atoms with Crippen LogP contribution in [0.1, 0.15) is 40.9 Å². The number of aryl methyl sites for hydroxylation is 2. The fraction of sp³-hybridized carbons (Fsp3) is 0.450. The number of hydrogen-bond acceptors (Lipinski definition) is 5. The molecule has 134 valence electrons. The van der Waals surface area contributed by atoms with Crippen molar-refractivity contribution >= 4 is 0 Å². The molecular formula is C20H23N5O. The van der Waals surface area contributed by atoms with Gasteiger partial charge in [-0.1, -0.05) is 6.07 Å². The van der Waals surface area contributed by atoms with Crippen molar-refractivity contribution in [2.45, 2.75) is 52.2 Å². The first-order valence-corrected chi connectivity index (χ1v) is 9.43. The summed E-state index contributed by atoms with van der Waals surface area (Å²) in [5, 5.41) is 4.71. The highest BCUT2D eigenvalue weighted by Crippen LogP contribution is 2.27. The number of nitrogens with zero attached hydrogens (tertiary/aromatic N) is 5. The van der Waals surface area contributed by atoms with Crippen molar-refractivity contribution < 1.29 is 4.42 Å². The van der Waals surface area contributed by atoms with Gasteiger partial charge in [0.1, 0.15) is 6.26 Å². The van der Waals surface area contributed by atoms with Gasteiger partial charge >= 0.3 is 0 Å². The quantitative estimate of drug-likeness (QED) is 0.727. The molecule has 0 saturated carbocycles. The number of fused-ring (bicyclic) bond motifs is 2. The first-order valence-electron chi connectivity index (χ1n) is 9.43. The highest BCUT2D eigenvalue weighted by molar-refractivity contribution is 5.54. The fourth-order valence-electron chi connectivity index (χ4n) is 4.16. The predicted octanol–water partition coefficient (Wildman–Crippen LogP) is 3.14. The van der Waals surface area contributed by atoms with Crippen LogP contribution in [0.5, 0.6) is 0 Å². The maximum absolute atomic E-state index is 5.44. The lowest BCUT2D eigenvalue weighted by molar-refractivity contribution is 0.204. The summed E-state index contributed by atoms with van der Waals surface area (Å²) >= 11 is 0. The summed E-state index contributed by atoms with van der Waals surface area (Å²) < 4.78 is 7.55. The van der Waals surface area contributed by atoms with Gasteiger partial charge in [-0.05, 0) is 43.7 Å². The number of pyridine rings is 1. The molecule has 6 heteroatoms. The van der Waals surface area contributed by atoms with Gasteiger partial charge in [0, 0.05) is 37.1 Å². The smallest absolute Gasteiger partial charge is 0.247 e. The van der Waals surface area contributed by atoms with Crippen molar-refractivity contribution in [1.29, 1.82) is 0 Å². The van der Waals surface area contributed by atoms with Gasteiger partial charge in [-0.2, -0.15) is 5.10 Å². The molecule has 0 bridgehead atoms. The van der Waals surface area contributed by atoms with Crippen LogP contribution in [0.15, 0.2) is 29.1 Å². The molecule has 0 aromatic carbocycles. The number of aromatic nitrogens is 4. The molecule has 6 nitrogen and oxygen atoms in total. The molecule has 1 aliphatic carbocycles. The van der Waals surface area contributed by atoms with Gasteiger partial charge in [-0.3, -0.25) is 14.6 Å². The lowest BCUT2D eigenvalue weighted by atomic mass is 9.95. The van der Waals surface area contributed by atoms with Crippen LogP contribution in [0.4, 0.5) is 0 Å². The molecule has 3 aromatic rings. The molecule has 5 rings (SSSR count). The predicted molar refractivity (Wildman–Crippen MR) is 97.5 cm³/mol. The summed E-state index contributed by atoms with van der Waals surface area (Å²) in [6, 6.07) is 2.37. The summed E-state index contributed by atoms with van der Waals surface area (Å²) in [5.74, 6) is 0.606. The highest BCUT2D eigenvalue weighted by atomic mass is 16.3. The van der Waals surface area contributed by atoms with E-state index in [9.17, 15) is 0 Å². The Morgan fingerprint density at radius 1 is 1.15 bits per heavy atom. The van der Waals surface area contributed by atoms with Gasteiger partial charge < -0.3 is 4.42 Å². The van der Waals surface area contributed by atoms with Crippen LogP contribution in [-0.2, 0) is 32.5 Å². The summed E-state index contributed by atoms with van der Waals surface area (Å²) in [5.41, 5.74) is 7.38. The maximum atomic E-state index is 5.44. The Morgan fingerprint density at radius 3 is 2.96 bits per heavy atom. The SMILES string of the molecule is Cc1c(-c2ncco2)nn2c1CN(Cc1cnc3c(c1)CCCC3)CC2. The largest absolute Gasteiger partial charge is 0.443 e. The van der Waals surface area contributed by atoms with Crippen molar-refractivity contribution in [3.63, 3.8) is 0 Å². The van der Waals surface area contributed by atoms with E-state index in [1.165, 1.54) is 47.3 Å². The second-order valence-electron chi connectivity index (χ2n) is 7.35. The molecule has 0 fully saturated rings. The minimum atomic E-state index is 0.606. The first-order chi connectivity index (χ1) is 12.8. The molecule has 26 heavy (non-hydrogen) atoms. The zero-order chi connectivity index (χ0) is 17.5. The Morgan fingerprint density at radius 2 is 2.08 bits per heavy atom. The molecule has 0 amide bonds. The van der Waals surface area contributed by atoms with E-state index in [4.69, 9.17) is 14.5 Å². The van der Waals surface area contributed by atoms with Crippen LogP contribution in [0.3, 0.4) is 0 Å². The Hall–Kier alpha value is -2.47. The first kappa shape index (κ1) is 15.8. The van der Waals surface area contributed by atoms with E-state index in [0.717, 1.165) is 38.3 Å². The van der Waals surface area contributed by atoms with E-state index in [0.29, 0.717) is 5.89 Å². The second kappa shape index (κ2) is 6.36. The van der Waals surface area contributed by atoms with Crippen molar-refractivity contribution in [3.05, 3.63) is 52.8 Å². The van der Waals surface area contributed by atoms with Gasteiger partial charge in [0.2, 0.25) is 5.89 Å². The van der Waals surface area contributed by atoms with E-state index in [1.54, 1.807) is 12.5 Å². The molecule has 0 unspecified atom stereocenters. The number of rotatable bonds is 3. The fourth-order valence-corrected chi connectivity index (χ4v) is 4.16. The molecule has 0 N–H and O–H groups in total. The van der Waals surface area contributed by atoms with Crippen molar-refractivity contribution in [1.82, 2.24) is 24.6 Å². The molecule has 0 saturated heterocycles. The van der Waals surface area contributed by atoms with Crippen LogP contribution in [0.2, 0.25) is 0 Å². The van der Waals surface area contributed by atoms with Gasteiger partial charge in [0.05, 0.1) is 18.4 Å². The Kier molecular flexibility index (Phi) is 3.85. The topological polar surface area (TPSA) is 60.0 Å². The molecule has 2 aliphatic rings. The Labute approximate surface area is 152 Å². The monoisotopic (exact) mass is 349 g/mol. The summed E-state index contributed by atoms with van der Waals surface area (Å²) in [6.07, 6.45) is 10.2. The Balaban J connectivity index is 1.36. The van der Waals surface area contributed by atoms with E-state index >= 15 is 0 Å². The molecular weight excluding hydrogens is 326 g/mol. The minimum absolute atomic E-state index is 0.606. The van der Waals surface area contributed by atoms with Crippen LogP contribution in [0, 0.1) is 6.92 Å². The summed E-state index contributed by atoms with van der Waals surface area (Å²) in [7, 11) is 0. The standard InChI is InChI=1S/C20H23N5O/c1-14-18-13-24(7-8-25(18)23-19(14)20-21-6-9-26-20)12-15-10-16-4-2-3-5-17(16)22-11-15/h6,9-11H,2-5,7-8,12-13H2,1H3. The van der Waals surface area contributed by atoms with Crippen LogP contribution in [0.25, 0.3) is 11.6 Å². The van der Waals surface area contributed by atoms with Gasteiger partial charge in [0.15, 0.2) is 5.69 Å². The van der Waals surface area contributed by atoms with Gasteiger partial charge in [-0.15, -0.1) is 0 Å². The van der Waals surface area contributed by atoms with Crippen LogP contribution in [-0.4, -0.2) is 31.2 Å². The molecule has 0 radical (unpaired) electrons. The number of oxazole rings is 1. The molecule has 3 aromatic heterocycles. The highest BCUT2D eigenvalue weighted by Gasteiger charge is 2.24. The van der Waals surface area contributed by atoms with Crippen LogP contribution < -0.4 is 0 Å². The third-order valence-electron chi connectivity index (χ3n) is 5.59. The minimum Gasteiger partial charge on any atom is -0.443 e. The van der Waals surface area contributed by atoms with E-state index in [1.807, 2.05) is 0 Å². The average molecular weight is 349 g/mol. The van der Waals surface area contributed by atoms with E-state index < -0.39 is 0 Å². The third kappa shape index (κ3) is 2.74. The lowest BCUT2D eigenvalue weighted by Crippen LogP contribution is -2.33. The van der Waals surface area contributed by atoms with Crippen molar-refractivity contribution in [2.24, 2.45) is 0 Å². The van der Waals surface area contributed by atoms with E-state index in [-0.39, 0.29) is 0 Å². The zero-order valence-electron chi connectivity index (χ0n) is 15.1. The van der Waals surface area contributed by atoms with Crippen LogP contribution >= 0.6 is 0 Å². The normalized spacial score (nSPS) is 17.1. The maximum Gasteiger partial charge on any atom is 0.247 e. The molecule has 1 aliphatic heterocycles. The summed E-state index contributed by atoms with van der Waals surface area (Å²) in [6.45, 7) is 5.85. The number of hydrogen-bond donors (Lipinski definition) is 0. The molecule has 0 spiro atoms. The molecule has 4 heterocycles. The van der Waals surface area contributed by atoms with Gasteiger partial charge in [-0.25, -0.2) is 4.98 Å². The van der Waals surface area contributed by atoms with Gasteiger partial charge in [0.25, 0.3) is 0 Å². The summed E-state index contributed by atoms with van der Waals surface area (Å²) in [4.78, 5) is 11.5. The van der Waals surface area contributed by atoms with Crippen molar-refractivity contribution in [2.75, 3.05) is 6.54 Å². The third-order valence-corrected chi connectivity index (χ3v) is 5.59. The van der Waals surface area contributed by atoms with Crippen molar-refractivity contribution in [3.8, 4) is 11.6 Å². The second-order valence-corrected chi connectivity index (χ2v) is 7.35. The Bertz CT molecular complexity index is 928.